The summed E-state index contributed by atoms with van der Waals surface area (Å²) >= 11 is 6.31. The molecule has 0 saturated carbocycles. The molecule has 152 valence electrons. The van der Waals surface area contributed by atoms with E-state index in [9.17, 15) is 0 Å². The van der Waals surface area contributed by atoms with E-state index in [4.69, 9.17) is 11.6 Å². The van der Waals surface area contributed by atoms with Gasteiger partial charge in [-0.3, -0.25) is 0 Å². The molecule has 4 rings (SSSR count). The van der Waals surface area contributed by atoms with Crippen LogP contribution in [0.3, 0.4) is 0 Å². The van der Waals surface area contributed by atoms with Gasteiger partial charge in [-0.2, -0.15) is 0 Å². The molecule has 1 aromatic heterocycles. The summed E-state index contributed by atoms with van der Waals surface area (Å²) in [5, 5.41) is 4.14. The lowest BCUT2D eigenvalue weighted by atomic mass is 10.1. The van der Waals surface area contributed by atoms with E-state index in [-0.39, 0.29) is 0 Å². The number of imidazole rings is 1. The molecule has 1 aliphatic rings. The fourth-order valence-electron chi connectivity index (χ4n) is 3.37. The van der Waals surface area contributed by atoms with E-state index in [1.807, 2.05) is 43.1 Å². The third kappa shape index (κ3) is 6.21. The highest BCUT2D eigenvalue weighted by Gasteiger charge is 2.09. The van der Waals surface area contributed by atoms with Crippen molar-refractivity contribution >= 4 is 29.4 Å². The lowest BCUT2D eigenvalue weighted by Crippen LogP contribution is -2.43. The van der Waals surface area contributed by atoms with Crippen molar-refractivity contribution in [2.45, 2.75) is 20.4 Å². The standard InChI is InChI=1S/C22H23ClN4.C2H6/c23-21-14-19(13-20(15-21)16-26-10-7-25-17-26)2-1-18-3-5-22(6-4-18)27-11-8-24-9-12-27;1-2/h1-7,10,13-15,17,24H,8-9,11-12,16H2;1-2H3/b2-1+;. The van der Waals surface area contributed by atoms with Crippen molar-refractivity contribution in [2.75, 3.05) is 31.1 Å². The molecule has 3 aromatic rings. The van der Waals surface area contributed by atoms with Gasteiger partial charge in [-0.25, -0.2) is 4.98 Å². The first kappa shape index (κ1) is 21.2. The van der Waals surface area contributed by atoms with Crippen molar-refractivity contribution in [3.8, 4) is 0 Å². The number of halogens is 1. The number of benzene rings is 2. The first-order chi connectivity index (χ1) is 14.3. The van der Waals surface area contributed by atoms with Crippen LogP contribution >= 0.6 is 11.6 Å². The fraction of sp³-hybridized carbons (Fsp3) is 0.292. The Morgan fingerprint density at radius 1 is 1.00 bits per heavy atom. The topological polar surface area (TPSA) is 33.1 Å². The number of hydrogen-bond acceptors (Lipinski definition) is 3. The summed E-state index contributed by atoms with van der Waals surface area (Å²) < 4.78 is 2.04. The van der Waals surface area contributed by atoms with Gasteiger partial charge in [0.15, 0.2) is 0 Å². The number of aromatic nitrogens is 2. The van der Waals surface area contributed by atoms with Crippen LogP contribution in [-0.4, -0.2) is 35.7 Å². The first-order valence-corrected chi connectivity index (χ1v) is 10.6. The summed E-state index contributed by atoms with van der Waals surface area (Å²) in [7, 11) is 0. The Bertz CT molecular complexity index is 895. The number of anilines is 1. The van der Waals surface area contributed by atoms with Crippen molar-refractivity contribution in [3.05, 3.63) is 82.9 Å². The van der Waals surface area contributed by atoms with Crippen molar-refractivity contribution in [2.24, 2.45) is 0 Å². The van der Waals surface area contributed by atoms with Gasteiger partial charge in [0.05, 0.1) is 6.33 Å². The van der Waals surface area contributed by atoms with Gasteiger partial charge in [0.2, 0.25) is 0 Å². The molecule has 1 N–H and O–H groups in total. The average molecular weight is 409 g/mol. The molecular formula is C24H29ClN4. The minimum absolute atomic E-state index is 0.751. The van der Waals surface area contributed by atoms with Crippen LogP contribution in [0, 0.1) is 0 Å². The Labute approximate surface area is 178 Å². The normalized spacial score (nSPS) is 14.0. The predicted octanol–water partition coefficient (Wildman–Crippen LogP) is 5.19. The average Bonchev–Trinajstić information content (AvgIpc) is 3.27. The van der Waals surface area contributed by atoms with Gasteiger partial charge in [0.1, 0.15) is 0 Å². The number of piperazine rings is 1. The molecular weight excluding hydrogens is 380 g/mol. The van der Waals surface area contributed by atoms with Crippen LogP contribution in [0.5, 0.6) is 0 Å². The van der Waals surface area contributed by atoms with Crippen LogP contribution in [0.25, 0.3) is 12.2 Å². The maximum absolute atomic E-state index is 6.31. The number of nitrogens with zero attached hydrogens (tertiary/aromatic N) is 3. The Kier molecular flexibility index (Phi) is 7.91. The molecule has 0 spiro atoms. The minimum Gasteiger partial charge on any atom is -0.369 e. The molecule has 2 aromatic carbocycles. The van der Waals surface area contributed by atoms with Gasteiger partial charge in [-0.05, 0) is 47.0 Å². The molecule has 4 nitrogen and oxygen atoms in total. The number of nitrogens with one attached hydrogen (secondary N) is 1. The van der Waals surface area contributed by atoms with E-state index in [0.717, 1.165) is 48.9 Å². The predicted molar refractivity (Wildman–Crippen MR) is 125 cm³/mol. The Morgan fingerprint density at radius 2 is 1.72 bits per heavy atom. The Hall–Kier alpha value is -2.56. The van der Waals surface area contributed by atoms with Crippen LogP contribution < -0.4 is 10.2 Å². The summed E-state index contributed by atoms with van der Waals surface area (Å²) in [5.74, 6) is 0. The van der Waals surface area contributed by atoms with Gasteiger partial charge < -0.3 is 14.8 Å². The van der Waals surface area contributed by atoms with Crippen molar-refractivity contribution < 1.29 is 0 Å². The second-order valence-corrected chi connectivity index (χ2v) is 7.23. The van der Waals surface area contributed by atoms with E-state index in [2.05, 4.69) is 57.7 Å². The van der Waals surface area contributed by atoms with Gasteiger partial charge in [-0.15, -0.1) is 0 Å². The molecule has 0 unspecified atom stereocenters. The molecule has 5 heteroatoms. The molecule has 29 heavy (non-hydrogen) atoms. The smallest absolute Gasteiger partial charge is 0.0949 e. The molecule has 1 fully saturated rings. The summed E-state index contributed by atoms with van der Waals surface area (Å²) in [6.45, 7) is 9.01. The van der Waals surface area contributed by atoms with Crippen molar-refractivity contribution in [1.82, 2.24) is 14.9 Å². The summed E-state index contributed by atoms with van der Waals surface area (Å²) in [6, 6.07) is 14.9. The molecule has 0 amide bonds. The summed E-state index contributed by atoms with van der Waals surface area (Å²) in [5.41, 5.74) is 4.74. The van der Waals surface area contributed by atoms with E-state index >= 15 is 0 Å². The summed E-state index contributed by atoms with van der Waals surface area (Å²) in [6.07, 6.45) is 9.81. The van der Waals surface area contributed by atoms with E-state index in [1.165, 1.54) is 11.3 Å². The van der Waals surface area contributed by atoms with Gasteiger partial charge in [0, 0.05) is 55.8 Å². The van der Waals surface area contributed by atoms with Gasteiger partial charge in [0.25, 0.3) is 0 Å². The molecule has 0 bridgehead atoms. The molecule has 0 aliphatic carbocycles. The molecule has 0 atom stereocenters. The first-order valence-electron chi connectivity index (χ1n) is 10.3. The van der Waals surface area contributed by atoms with Crippen LogP contribution in [-0.2, 0) is 6.54 Å². The maximum Gasteiger partial charge on any atom is 0.0949 e. The third-order valence-corrected chi connectivity index (χ3v) is 4.97. The minimum atomic E-state index is 0.751. The zero-order valence-corrected chi connectivity index (χ0v) is 17.9. The van der Waals surface area contributed by atoms with Crippen molar-refractivity contribution in [1.29, 1.82) is 0 Å². The highest BCUT2D eigenvalue weighted by atomic mass is 35.5. The monoisotopic (exact) mass is 408 g/mol. The second kappa shape index (κ2) is 10.8. The molecule has 0 radical (unpaired) electrons. The Balaban J connectivity index is 0.00000117. The van der Waals surface area contributed by atoms with Crippen LogP contribution in [0.15, 0.2) is 61.2 Å². The quantitative estimate of drug-likeness (QED) is 0.589. The van der Waals surface area contributed by atoms with Gasteiger partial charge in [-0.1, -0.05) is 49.7 Å². The Morgan fingerprint density at radius 3 is 2.41 bits per heavy atom. The second-order valence-electron chi connectivity index (χ2n) is 6.79. The highest BCUT2D eigenvalue weighted by Crippen LogP contribution is 2.20. The largest absolute Gasteiger partial charge is 0.369 e. The van der Waals surface area contributed by atoms with Crippen molar-refractivity contribution in [3.63, 3.8) is 0 Å². The van der Waals surface area contributed by atoms with Crippen LogP contribution in [0.4, 0.5) is 5.69 Å². The molecule has 1 saturated heterocycles. The SMILES string of the molecule is CC.Clc1cc(/C=C/c2ccc(N3CCNCC3)cc2)cc(Cn2ccnc2)c1. The van der Waals surface area contributed by atoms with Gasteiger partial charge >= 0.3 is 0 Å². The highest BCUT2D eigenvalue weighted by molar-refractivity contribution is 6.30. The zero-order valence-electron chi connectivity index (χ0n) is 17.2. The van der Waals surface area contributed by atoms with Crippen LogP contribution in [0.1, 0.15) is 30.5 Å². The summed E-state index contributed by atoms with van der Waals surface area (Å²) in [4.78, 5) is 6.51. The van der Waals surface area contributed by atoms with E-state index in [1.54, 1.807) is 6.20 Å². The third-order valence-electron chi connectivity index (χ3n) is 4.75. The van der Waals surface area contributed by atoms with E-state index in [0.29, 0.717) is 0 Å². The number of rotatable bonds is 5. The lowest BCUT2D eigenvalue weighted by Gasteiger charge is -2.29. The molecule has 1 aliphatic heterocycles. The maximum atomic E-state index is 6.31. The molecule has 2 heterocycles. The fourth-order valence-corrected chi connectivity index (χ4v) is 3.63. The zero-order chi connectivity index (χ0) is 20.5. The van der Waals surface area contributed by atoms with E-state index < -0.39 is 0 Å². The number of hydrogen-bond donors (Lipinski definition) is 1. The lowest BCUT2D eigenvalue weighted by molar-refractivity contribution is 0.589. The van der Waals surface area contributed by atoms with Crippen LogP contribution in [0.2, 0.25) is 5.02 Å².